The summed E-state index contributed by atoms with van der Waals surface area (Å²) in [5.41, 5.74) is 3.16. The molecular weight excluding hydrogens is 733 g/mol. The standard InChI is InChI=1S/C14H16O3.C14H18O3.C13H16O3.3H2S/c1-2-8-16-13-5-3-11(4-6-13)10-12-7-9-17-14(12)15;1-3-9-17-13-7-5-11(6-8-13)10-12(4-2)14(15)16;1-3-8-16-12-6-4-11(5-7-12)9-10(2)13(14)15;;;/h2-6,12H,1,7-10H2;3,5-8,12H,1,4,9-10H2,2H3,(H,15,16);3-7,10H,1,8-9H2,2H3,(H,14,15);3*1H2/t2*12-;10-;;;/m000.../s1. The predicted octanol–water partition coefficient (Wildman–Crippen LogP) is 8.11. The third-order valence-electron chi connectivity index (χ3n) is 7.69. The van der Waals surface area contributed by atoms with Crippen molar-refractivity contribution in [1.82, 2.24) is 0 Å². The Labute approximate surface area is 335 Å². The van der Waals surface area contributed by atoms with Crippen LogP contribution in [-0.2, 0) is 38.4 Å². The van der Waals surface area contributed by atoms with Crippen LogP contribution in [0.15, 0.2) is 111 Å². The van der Waals surface area contributed by atoms with E-state index < -0.39 is 11.9 Å². The van der Waals surface area contributed by atoms with Crippen LogP contribution in [0.3, 0.4) is 0 Å². The zero-order valence-electron chi connectivity index (χ0n) is 30.6. The Kier molecular flexibility index (Phi) is 28.0. The van der Waals surface area contributed by atoms with Crippen molar-refractivity contribution in [2.24, 2.45) is 17.8 Å². The van der Waals surface area contributed by atoms with E-state index in [9.17, 15) is 14.4 Å². The minimum absolute atomic E-state index is 0. The second kappa shape index (κ2) is 29.2. The summed E-state index contributed by atoms with van der Waals surface area (Å²) < 4.78 is 21.0. The molecule has 1 heterocycles. The molecule has 0 bridgehead atoms. The number of ether oxygens (including phenoxy) is 4. The second-order valence-corrected chi connectivity index (χ2v) is 11.7. The fourth-order valence-corrected chi connectivity index (χ4v) is 4.77. The van der Waals surface area contributed by atoms with Gasteiger partial charge in [0.1, 0.15) is 37.1 Å². The monoisotopic (exact) mass is 788 g/mol. The maximum atomic E-state index is 11.3. The molecule has 0 aliphatic carbocycles. The van der Waals surface area contributed by atoms with Crippen LogP contribution in [-0.4, -0.2) is 54.5 Å². The summed E-state index contributed by atoms with van der Waals surface area (Å²) in [4.78, 5) is 32.9. The predicted molar refractivity (Wildman–Crippen MR) is 226 cm³/mol. The second-order valence-electron chi connectivity index (χ2n) is 11.7. The first-order valence-corrected chi connectivity index (χ1v) is 16.7. The Hall–Kier alpha value is -4.26. The van der Waals surface area contributed by atoms with Crippen molar-refractivity contribution in [3.8, 4) is 17.2 Å². The van der Waals surface area contributed by atoms with Gasteiger partial charge in [-0.15, -0.1) is 0 Å². The van der Waals surface area contributed by atoms with Crippen LogP contribution in [0, 0.1) is 17.8 Å². The van der Waals surface area contributed by atoms with E-state index in [1.165, 1.54) is 0 Å². The Bertz CT molecular complexity index is 1440. The highest BCUT2D eigenvalue weighted by molar-refractivity contribution is 7.59. The van der Waals surface area contributed by atoms with E-state index in [4.69, 9.17) is 29.2 Å². The molecule has 1 saturated heterocycles. The fourth-order valence-electron chi connectivity index (χ4n) is 4.77. The summed E-state index contributed by atoms with van der Waals surface area (Å²) in [6.07, 6.45) is 8.40. The molecule has 0 saturated carbocycles. The molecule has 292 valence electrons. The quantitative estimate of drug-likeness (QED) is 0.0971. The molecule has 1 fully saturated rings. The van der Waals surface area contributed by atoms with Gasteiger partial charge in [0.05, 0.1) is 24.4 Å². The number of hydrogen-bond donors (Lipinski definition) is 2. The molecule has 53 heavy (non-hydrogen) atoms. The molecule has 0 spiro atoms. The summed E-state index contributed by atoms with van der Waals surface area (Å²) in [6, 6.07) is 22.8. The van der Waals surface area contributed by atoms with E-state index in [1.54, 1.807) is 25.2 Å². The molecule has 2 N–H and O–H groups in total. The number of carbonyl (C=O) groups excluding carboxylic acids is 1. The average molecular weight is 789 g/mol. The normalized spacial score (nSPS) is 13.4. The third-order valence-corrected chi connectivity index (χ3v) is 7.69. The van der Waals surface area contributed by atoms with Gasteiger partial charge in [0.25, 0.3) is 0 Å². The van der Waals surface area contributed by atoms with Crippen molar-refractivity contribution >= 4 is 58.4 Å². The Morgan fingerprint density at radius 2 is 1.11 bits per heavy atom. The molecule has 0 amide bonds. The van der Waals surface area contributed by atoms with E-state index in [0.717, 1.165) is 46.8 Å². The first kappa shape index (κ1) is 50.8. The van der Waals surface area contributed by atoms with Gasteiger partial charge in [0, 0.05) is 0 Å². The summed E-state index contributed by atoms with van der Waals surface area (Å²) in [7, 11) is 0. The van der Waals surface area contributed by atoms with Crippen molar-refractivity contribution in [3.05, 3.63) is 127 Å². The van der Waals surface area contributed by atoms with Crippen LogP contribution in [0.2, 0.25) is 0 Å². The van der Waals surface area contributed by atoms with Crippen molar-refractivity contribution in [1.29, 1.82) is 0 Å². The molecule has 0 unspecified atom stereocenters. The number of benzene rings is 3. The molecule has 0 radical (unpaired) electrons. The maximum Gasteiger partial charge on any atom is 0.309 e. The largest absolute Gasteiger partial charge is 0.490 e. The number of aliphatic carboxylic acids is 2. The van der Waals surface area contributed by atoms with Crippen LogP contribution in [0.1, 0.15) is 43.4 Å². The van der Waals surface area contributed by atoms with Crippen LogP contribution in [0.4, 0.5) is 0 Å². The summed E-state index contributed by atoms with van der Waals surface area (Å²) in [6.45, 7) is 16.3. The van der Waals surface area contributed by atoms with Crippen LogP contribution in [0.5, 0.6) is 17.2 Å². The van der Waals surface area contributed by atoms with E-state index in [2.05, 4.69) is 19.7 Å². The molecule has 3 atom stereocenters. The van der Waals surface area contributed by atoms with Gasteiger partial charge in [-0.3, -0.25) is 14.4 Å². The average Bonchev–Trinajstić information content (AvgIpc) is 3.53. The van der Waals surface area contributed by atoms with Gasteiger partial charge in [0.2, 0.25) is 0 Å². The lowest BCUT2D eigenvalue weighted by Crippen LogP contribution is -2.15. The first-order valence-electron chi connectivity index (χ1n) is 16.7. The number of cyclic esters (lactones) is 1. The Morgan fingerprint density at radius 3 is 1.43 bits per heavy atom. The first-order chi connectivity index (χ1) is 24.1. The SMILES string of the molecule is C=CCOc1ccc(C[C@@H]2CCOC2=O)cc1.C=CCOc1ccc(C[C@H](C)C(=O)O)cc1.C=CCOc1ccc(C[C@H](CC)C(=O)O)cc1.S.S.S. The molecule has 1 aliphatic heterocycles. The number of carboxylic acids is 2. The van der Waals surface area contributed by atoms with Gasteiger partial charge in [-0.05, 0) is 85.2 Å². The number of rotatable bonds is 18. The molecular formula is C41H56O9S3. The summed E-state index contributed by atoms with van der Waals surface area (Å²) in [5.74, 6) is 0.139. The van der Waals surface area contributed by atoms with Crippen molar-refractivity contribution in [2.45, 2.75) is 46.0 Å². The van der Waals surface area contributed by atoms with E-state index in [-0.39, 0.29) is 64.2 Å². The highest BCUT2D eigenvalue weighted by Gasteiger charge is 2.26. The minimum atomic E-state index is -0.771. The highest BCUT2D eigenvalue weighted by atomic mass is 32.1. The molecule has 0 aromatic heterocycles. The lowest BCUT2D eigenvalue weighted by Gasteiger charge is -2.10. The molecule has 3 aromatic carbocycles. The fraction of sp³-hybridized carbons (Fsp3) is 0.341. The maximum absolute atomic E-state index is 11.3. The number of carbonyl (C=O) groups is 3. The Morgan fingerprint density at radius 1 is 0.717 bits per heavy atom. The third kappa shape index (κ3) is 20.5. The number of hydrogen-bond acceptors (Lipinski definition) is 7. The number of esters is 1. The lowest BCUT2D eigenvalue weighted by molar-refractivity contribution is -0.142. The van der Waals surface area contributed by atoms with Crippen LogP contribution < -0.4 is 14.2 Å². The smallest absolute Gasteiger partial charge is 0.309 e. The molecule has 12 heteroatoms. The van der Waals surface area contributed by atoms with Crippen molar-refractivity contribution in [3.63, 3.8) is 0 Å². The van der Waals surface area contributed by atoms with E-state index in [1.807, 2.05) is 79.7 Å². The Balaban J connectivity index is 0. The minimum Gasteiger partial charge on any atom is -0.490 e. The molecule has 4 rings (SSSR count). The number of carboxylic acid groups (broad SMARTS) is 2. The van der Waals surface area contributed by atoms with Gasteiger partial charge in [-0.2, -0.15) is 40.5 Å². The van der Waals surface area contributed by atoms with Gasteiger partial charge >= 0.3 is 17.9 Å². The molecule has 3 aromatic rings. The van der Waals surface area contributed by atoms with Gasteiger partial charge in [-0.1, -0.05) is 88.2 Å². The van der Waals surface area contributed by atoms with Gasteiger partial charge < -0.3 is 29.2 Å². The zero-order valence-corrected chi connectivity index (χ0v) is 33.6. The van der Waals surface area contributed by atoms with Gasteiger partial charge in [0.15, 0.2) is 0 Å². The van der Waals surface area contributed by atoms with Crippen molar-refractivity contribution < 1.29 is 43.5 Å². The molecule has 9 nitrogen and oxygen atoms in total. The van der Waals surface area contributed by atoms with Crippen molar-refractivity contribution in [2.75, 3.05) is 26.4 Å². The topological polar surface area (TPSA) is 129 Å². The van der Waals surface area contributed by atoms with E-state index >= 15 is 0 Å². The van der Waals surface area contributed by atoms with E-state index in [0.29, 0.717) is 45.7 Å². The zero-order chi connectivity index (χ0) is 36.7. The lowest BCUT2D eigenvalue weighted by atomic mass is 9.97. The summed E-state index contributed by atoms with van der Waals surface area (Å²) >= 11 is 0. The van der Waals surface area contributed by atoms with Gasteiger partial charge in [-0.25, -0.2) is 0 Å². The van der Waals surface area contributed by atoms with Crippen LogP contribution >= 0.6 is 40.5 Å². The highest BCUT2D eigenvalue weighted by Crippen LogP contribution is 2.22. The van der Waals surface area contributed by atoms with Crippen LogP contribution in [0.25, 0.3) is 0 Å². The molecule has 1 aliphatic rings. The summed E-state index contributed by atoms with van der Waals surface area (Å²) in [5, 5.41) is 17.7.